The number of carbonyl (C=O) groups excluding carboxylic acids is 2. The molecule has 1 heterocycles. The van der Waals surface area contributed by atoms with Gasteiger partial charge in [0.2, 0.25) is 0 Å². The van der Waals surface area contributed by atoms with Crippen molar-refractivity contribution in [2.75, 3.05) is 0 Å². The minimum absolute atomic E-state index is 0.0935. The quantitative estimate of drug-likeness (QED) is 0.411. The molecule has 2 unspecified atom stereocenters. The van der Waals surface area contributed by atoms with Crippen LogP contribution in [0.3, 0.4) is 0 Å². The summed E-state index contributed by atoms with van der Waals surface area (Å²) in [7, 11) is 0. The molecule has 0 spiro atoms. The molecule has 0 saturated heterocycles. The van der Waals surface area contributed by atoms with Crippen molar-refractivity contribution in [1.29, 1.82) is 0 Å². The van der Waals surface area contributed by atoms with Crippen molar-refractivity contribution in [3.63, 3.8) is 0 Å². The van der Waals surface area contributed by atoms with Crippen molar-refractivity contribution in [3.8, 4) is 11.4 Å². The molecule has 1 N–H and O–H groups in total. The number of carbonyl (C=O) groups is 2. The Morgan fingerprint density at radius 2 is 1.71 bits per heavy atom. The van der Waals surface area contributed by atoms with Crippen LogP contribution in [0, 0.1) is 6.92 Å². The third-order valence-corrected chi connectivity index (χ3v) is 5.99. The number of aromatic nitrogens is 3. The molecule has 1 aromatic heterocycles. The molecule has 1 saturated carbocycles. The van der Waals surface area contributed by atoms with Crippen LogP contribution in [0.1, 0.15) is 50.2 Å². The highest BCUT2D eigenvalue weighted by molar-refractivity contribution is 5.87. The van der Waals surface area contributed by atoms with Crippen LogP contribution >= 0.6 is 0 Å². The molecule has 2 aromatic carbocycles. The fraction of sp³-hybridized carbons (Fsp3) is 0.385. The number of hydrogen-bond acceptors (Lipinski definition) is 7. The molecule has 0 aliphatic heterocycles. The number of benzene rings is 2. The molecule has 4 rings (SSSR count). The Morgan fingerprint density at radius 1 is 1.09 bits per heavy atom. The molecule has 2 atom stereocenters. The summed E-state index contributed by atoms with van der Waals surface area (Å²) in [5.74, 6) is -0.713. The van der Waals surface area contributed by atoms with Crippen molar-refractivity contribution in [1.82, 2.24) is 15.0 Å². The van der Waals surface area contributed by atoms with Gasteiger partial charge in [-0.1, -0.05) is 24.8 Å². The van der Waals surface area contributed by atoms with Crippen LogP contribution in [-0.2, 0) is 25.5 Å². The number of ether oxygens (including phenoxy) is 2. The fourth-order valence-electron chi connectivity index (χ4n) is 4.14. The van der Waals surface area contributed by atoms with Gasteiger partial charge in [-0.2, -0.15) is 0 Å². The monoisotopic (exact) mass is 463 g/mol. The maximum absolute atomic E-state index is 12.6. The van der Waals surface area contributed by atoms with Crippen LogP contribution in [0.2, 0.25) is 0 Å². The van der Waals surface area contributed by atoms with E-state index in [2.05, 4.69) is 16.8 Å². The van der Waals surface area contributed by atoms with Crippen LogP contribution in [0.25, 0.3) is 16.7 Å². The van der Waals surface area contributed by atoms with E-state index in [4.69, 9.17) is 9.47 Å². The normalized spacial score (nSPS) is 17.9. The van der Waals surface area contributed by atoms with E-state index in [0.29, 0.717) is 36.1 Å². The van der Waals surface area contributed by atoms with Crippen molar-refractivity contribution in [2.24, 2.45) is 0 Å². The Kier molecular flexibility index (Phi) is 6.95. The highest BCUT2D eigenvalue weighted by atomic mass is 16.6. The van der Waals surface area contributed by atoms with Crippen LogP contribution in [0.5, 0.6) is 5.75 Å². The molecule has 3 aromatic rings. The Labute approximate surface area is 198 Å². The lowest BCUT2D eigenvalue weighted by atomic mass is 9.94. The van der Waals surface area contributed by atoms with E-state index in [0.717, 1.165) is 29.4 Å². The van der Waals surface area contributed by atoms with Gasteiger partial charge in [-0.05, 0) is 75.3 Å². The molecular weight excluding hydrogens is 434 g/mol. The lowest BCUT2D eigenvalue weighted by Gasteiger charge is -2.30. The number of esters is 2. The second kappa shape index (κ2) is 10.1. The standard InChI is InChI=1S/C26H29N3O5/c1-16(2)26(32)34-23-11-7-6-10-22(23)33-24(30)13-12-18-14-17(3)25(31)21(15-18)29-27-19-8-4-5-9-20(19)28-29/h4-5,8-9,14-15,22-23,31H,1,6-7,10-13H2,2-3H3. The molecule has 178 valence electrons. The Hall–Kier alpha value is -3.68. The van der Waals surface area contributed by atoms with Gasteiger partial charge in [0.1, 0.15) is 34.7 Å². The molecule has 8 heteroatoms. The summed E-state index contributed by atoms with van der Waals surface area (Å²) in [6.07, 6.45) is 2.89. The zero-order chi connectivity index (χ0) is 24.2. The molecule has 34 heavy (non-hydrogen) atoms. The maximum atomic E-state index is 12.6. The first-order valence-electron chi connectivity index (χ1n) is 11.5. The average Bonchev–Trinajstić information content (AvgIpc) is 3.25. The zero-order valence-corrected chi connectivity index (χ0v) is 19.5. The van der Waals surface area contributed by atoms with Gasteiger partial charge in [0.15, 0.2) is 0 Å². The molecule has 0 radical (unpaired) electrons. The highest BCUT2D eigenvalue weighted by Crippen LogP contribution is 2.29. The summed E-state index contributed by atoms with van der Waals surface area (Å²) in [6.45, 7) is 7.01. The van der Waals surface area contributed by atoms with Gasteiger partial charge in [0.25, 0.3) is 0 Å². The summed E-state index contributed by atoms with van der Waals surface area (Å²) in [6, 6.07) is 11.1. The number of rotatable bonds is 7. The number of fused-ring (bicyclic) bond motifs is 1. The van der Waals surface area contributed by atoms with E-state index in [9.17, 15) is 14.7 Å². The Balaban J connectivity index is 1.43. The highest BCUT2D eigenvalue weighted by Gasteiger charge is 2.31. The first kappa shape index (κ1) is 23.5. The molecule has 1 aliphatic carbocycles. The third-order valence-electron chi connectivity index (χ3n) is 5.99. The molecule has 0 bridgehead atoms. The van der Waals surface area contributed by atoms with E-state index in [-0.39, 0.29) is 18.1 Å². The van der Waals surface area contributed by atoms with Crippen LogP contribution in [-0.4, -0.2) is 44.2 Å². The van der Waals surface area contributed by atoms with E-state index in [1.165, 1.54) is 4.80 Å². The summed E-state index contributed by atoms with van der Waals surface area (Å²) in [5.41, 5.74) is 3.76. The molecule has 1 fully saturated rings. The zero-order valence-electron chi connectivity index (χ0n) is 19.5. The number of phenolic OH excluding ortho intramolecular Hbond substituents is 1. The van der Waals surface area contributed by atoms with Gasteiger partial charge in [0.05, 0.1) is 0 Å². The lowest BCUT2D eigenvalue weighted by Crippen LogP contribution is -2.38. The van der Waals surface area contributed by atoms with Gasteiger partial charge >= 0.3 is 11.9 Å². The van der Waals surface area contributed by atoms with Crippen molar-refractivity contribution in [2.45, 2.75) is 64.6 Å². The minimum atomic E-state index is -0.458. The predicted octanol–water partition coefficient (Wildman–Crippen LogP) is 4.34. The number of hydrogen-bond donors (Lipinski definition) is 1. The Morgan fingerprint density at radius 3 is 2.32 bits per heavy atom. The summed E-state index contributed by atoms with van der Waals surface area (Å²) in [4.78, 5) is 26.0. The SMILES string of the molecule is C=C(C)C(=O)OC1CCCCC1OC(=O)CCc1cc(C)c(O)c(-n2nc3ccccc3n2)c1. The van der Waals surface area contributed by atoms with E-state index >= 15 is 0 Å². The average molecular weight is 464 g/mol. The van der Waals surface area contributed by atoms with Crippen molar-refractivity contribution < 1.29 is 24.2 Å². The largest absolute Gasteiger partial charge is 0.505 e. The fourth-order valence-corrected chi connectivity index (χ4v) is 4.14. The van der Waals surface area contributed by atoms with Gasteiger partial charge in [-0.3, -0.25) is 4.79 Å². The first-order valence-corrected chi connectivity index (χ1v) is 11.5. The first-order chi connectivity index (χ1) is 16.3. The van der Waals surface area contributed by atoms with Crippen molar-refractivity contribution >= 4 is 23.0 Å². The van der Waals surface area contributed by atoms with Gasteiger partial charge in [0, 0.05) is 12.0 Å². The topological polar surface area (TPSA) is 104 Å². The summed E-state index contributed by atoms with van der Waals surface area (Å²) in [5, 5.41) is 19.5. The minimum Gasteiger partial charge on any atom is -0.505 e. The number of phenols is 1. The van der Waals surface area contributed by atoms with Crippen molar-refractivity contribution in [3.05, 3.63) is 59.7 Å². The lowest BCUT2D eigenvalue weighted by molar-refractivity contribution is -0.169. The van der Waals surface area contributed by atoms with Gasteiger partial charge < -0.3 is 14.6 Å². The predicted molar refractivity (Wildman–Crippen MR) is 127 cm³/mol. The molecule has 8 nitrogen and oxygen atoms in total. The van der Waals surface area contributed by atoms with Gasteiger partial charge in [-0.15, -0.1) is 15.0 Å². The summed E-state index contributed by atoms with van der Waals surface area (Å²) < 4.78 is 11.2. The van der Waals surface area contributed by atoms with Crippen LogP contribution in [0.4, 0.5) is 0 Å². The van der Waals surface area contributed by atoms with E-state index in [1.807, 2.05) is 30.3 Å². The smallest absolute Gasteiger partial charge is 0.333 e. The third kappa shape index (κ3) is 5.27. The van der Waals surface area contributed by atoms with Gasteiger partial charge in [-0.25, -0.2) is 4.79 Å². The second-order valence-electron chi connectivity index (χ2n) is 8.80. The number of aromatic hydroxyl groups is 1. The molecular formula is C26H29N3O5. The molecule has 1 aliphatic rings. The second-order valence-corrected chi connectivity index (χ2v) is 8.80. The van der Waals surface area contributed by atoms with Crippen LogP contribution < -0.4 is 0 Å². The van der Waals surface area contributed by atoms with E-state index < -0.39 is 18.2 Å². The van der Waals surface area contributed by atoms with E-state index in [1.54, 1.807) is 19.9 Å². The Bertz CT molecular complexity index is 1200. The summed E-state index contributed by atoms with van der Waals surface area (Å²) >= 11 is 0. The number of aryl methyl sites for hydroxylation is 2. The molecule has 0 amide bonds. The maximum Gasteiger partial charge on any atom is 0.333 e. The van der Waals surface area contributed by atoms with Crippen LogP contribution in [0.15, 0.2) is 48.6 Å². The number of nitrogens with zero attached hydrogens (tertiary/aromatic N) is 3.